The highest BCUT2D eigenvalue weighted by Gasteiger charge is 2.18. The van der Waals surface area contributed by atoms with Gasteiger partial charge < -0.3 is 14.8 Å². The van der Waals surface area contributed by atoms with Crippen molar-refractivity contribution in [2.75, 3.05) is 26.3 Å². The molecule has 3 rings (SSSR count). The van der Waals surface area contributed by atoms with Gasteiger partial charge in [0.15, 0.2) is 11.6 Å². The second-order valence-corrected chi connectivity index (χ2v) is 6.09. The Kier molecular flexibility index (Phi) is 5.09. The third-order valence-corrected chi connectivity index (χ3v) is 4.44. The molecule has 1 N–H and O–H groups in total. The van der Waals surface area contributed by atoms with Gasteiger partial charge in [0, 0.05) is 12.8 Å². The first kappa shape index (κ1) is 14.8. The van der Waals surface area contributed by atoms with E-state index in [9.17, 15) is 4.39 Å². The molecule has 1 aromatic rings. The molecule has 2 aliphatic heterocycles. The molecule has 3 nitrogen and oxygen atoms in total. The highest BCUT2D eigenvalue weighted by atomic mass is 19.1. The molecule has 2 aliphatic rings. The summed E-state index contributed by atoms with van der Waals surface area (Å²) >= 11 is 0. The van der Waals surface area contributed by atoms with Gasteiger partial charge in [-0.3, -0.25) is 0 Å². The third-order valence-electron chi connectivity index (χ3n) is 4.44. The highest BCUT2D eigenvalue weighted by molar-refractivity contribution is 5.30. The summed E-state index contributed by atoms with van der Waals surface area (Å²) in [5.74, 6) is 0.830. The zero-order chi connectivity index (χ0) is 14.5. The van der Waals surface area contributed by atoms with Gasteiger partial charge in [-0.25, -0.2) is 4.39 Å². The molecule has 0 unspecified atom stereocenters. The van der Waals surface area contributed by atoms with Crippen LogP contribution in [0.3, 0.4) is 0 Å². The van der Waals surface area contributed by atoms with Gasteiger partial charge in [-0.05, 0) is 56.0 Å². The van der Waals surface area contributed by atoms with Crippen LogP contribution in [0.2, 0.25) is 0 Å². The van der Waals surface area contributed by atoms with Crippen LogP contribution in [0, 0.1) is 11.7 Å². The van der Waals surface area contributed by atoms with Crippen molar-refractivity contribution in [1.82, 2.24) is 5.32 Å². The van der Waals surface area contributed by atoms with E-state index >= 15 is 0 Å². The summed E-state index contributed by atoms with van der Waals surface area (Å²) in [7, 11) is 0. The highest BCUT2D eigenvalue weighted by Crippen LogP contribution is 2.25. The predicted molar refractivity (Wildman–Crippen MR) is 80.2 cm³/mol. The molecule has 0 amide bonds. The summed E-state index contributed by atoms with van der Waals surface area (Å²) in [5, 5.41) is 3.36. The van der Waals surface area contributed by atoms with E-state index in [1.807, 2.05) is 6.07 Å². The monoisotopic (exact) mass is 293 g/mol. The lowest BCUT2D eigenvalue weighted by Gasteiger charge is -2.24. The zero-order valence-electron chi connectivity index (χ0n) is 12.4. The average molecular weight is 293 g/mol. The molecular formula is C17H24FNO2. The fourth-order valence-electron chi connectivity index (χ4n) is 3.16. The van der Waals surface area contributed by atoms with Gasteiger partial charge in [-0.15, -0.1) is 0 Å². The topological polar surface area (TPSA) is 30.5 Å². The van der Waals surface area contributed by atoms with E-state index in [-0.39, 0.29) is 11.9 Å². The Morgan fingerprint density at radius 2 is 1.90 bits per heavy atom. The molecule has 1 aromatic carbocycles. The standard InChI is InChI=1S/C17H24FNO2/c18-16-12-14(11-13-3-7-19-8-4-13)1-2-17(16)21-15-5-9-20-10-6-15/h1-2,12-13,15,19H,3-11H2. The predicted octanol–water partition coefficient (Wildman–Crippen LogP) is 2.93. The number of halogens is 1. The van der Waals surface area contributed by atoms with Crippen LogP contribution in [0.4, 0.5) is 4.39 Å². The maximum absolute atomic E-state index is 14.2. The first-order valence-corrected chi connectivity index (χ1v) is 8.05. The van der Waals surface area contributed by atoms with Crippen LogP contribution in [-0.4, -0.2) is 32.4 Å². The van der Waals surface area contributed by atoms with E-state index in [1.54, 1.807) is 12.1 Å². The van der Waals surface area contributed by atoms with Gasteiger partial charge in [-0.1, -0.05) is 6.07 Å². The fraction of sp³-hybridized carbons (Fsp3) is 0.647. The first-order chi connectivity index (χ1) is 10.3. The molecule has 2 saturated heterocycles. The third kappa shape index (κ3) is 4.17. The molecule has 116 valence electrons. The minimum absolute atomic E-state index is 0.0866. The number of hydrogen-bond donors (Lipinski definition) is 1. The lowest BCUT2D eigenvalue weighted by atomic mass is 9.91. The quantitative estimate of drug-likeness (QED) is 0.926. The molecule has 0 spiro atoms. The number of nitrogens with one attached hydrogen (secondary N) is 1. The van der Waals surface area contributed by atoms with Crippen molar-refractivity contribution in [3.8, 4) is 5.75 Å². The largest absolute Gasteiger partial charge is 0.487 e. The van der Waals surface area contributed by atoms with E-state index in [2.05, 4.69) is 5.32 Å². The molecule has 0 bridgehead atoms. The normalized spacial score (nSPS) is 21.4. The Morgan fingerprint density at radius 3 is 2.62 bits per heavy atom. The van der Waals surface area contributed by atoms with Gasteiger partial charge in [-0.2, -0.15) is 0 Å². The molecule has 0 atom stereocenters. The minimum Gasteiger partial charge on any atom is -0.487 e. The summed E-state index contributed by atoms with van der Waals surface area (Å²) in [6.45, 7) is 3.58. The van der Waals surface area contributed by atoms with Crippen LogP contribution in [0.5, 0.6) is 5.75 Å². The summed E-state index contributed by atoms with van der Waals surface area (Å²) in [4.78, 5) is 0. The molecule has 0 aliphatic carbocycles. The summed E-state index contributed by atoms with van der Waals surface area (Å²) in [5.41, 5.74) is 1.08. The first-order valence-electron chi connectivity index (χ1n) is 8.05. The molecule has 2 heterocycles. The van der Waals surface area contributed by atoms with Crippen LogP contribution >= 0.6 is 0 Å². The van der Waals surface area contributed by atoms with Crippen molar-refractivity contribution < 1.29 is 13.9 Å². The van der Waals surface area contributed by atoms with Crippen molar-refractivity contribution in [2.24, 2.45) is 5.92 Å². The van der Waals surface area contributed by atoms with E-state index in [4.69, 9.17) is 9.47 Å². The van der Waals surface area contributed by atoms with Crippen molar-refractivity contribution in [3.05, 3.63) is 29.6 Å². The Hall–Kier alpha value is -1.13. The fourth-order valence-corrected chi connectivity index (χ4v) is 3.16. The maximum atomic E-state index is 14.2. The Bertz CT molecular complexity index is 454. The van der Waals surface area contributed by atoms with Crippen molar-refractivity contribution in [2.45, 2.75) is 38.2 Å². The van der Waals surface area contributed by atoms with Gasteiger partial charge in [0.25, 0.3) is 0 Å². The average Bonchev–Trinajstić information content (AvgIpc) is 2.52. The summed E-state index contributed by atoms with van der Waals surface area (Å²) in [6, 6.07) is 5.46. The van der Waals surface area contributed by atoms with Crippen LogP contribution < -0.4 is 10.1 Å². The van der Waals surface area contributed by atoms with Gasteiger partial charge >= 0.3 is 0 Å². The van der Waals surface area contributed by atoms with E-state index in [0.29, 0.717) is 24.9 Å². The lowest BCUT2D eigenvalue weighted by Crippen LogP contribution is -2.28. The SMILES string of the molecule is Fc1cc(CC2CCNCC2)ccc1OC1CCOCC1. The Balaban J connectivity index is 1.59. The van der Waals surface area contributed by atoms with Crippen LogP contribution in [0.1, 0.15) is 31.2 Å². The van der Waals surface area contributed by atoms with E-state index < -0.39 is 0 Å². The number of piperidine rings is 1. The summed E-state index contributed by atoms with van der Waals surface area (Å²) in [6.07, 6.45) is 5.11. The molecule has 2 fully saturated rings. The molecule has 0 aromatic heterocycles. The lowest BCUT2D eigenvalue weighted by molar-refractivity contribution is 0.0240. The van der Waals surface area contributed by atoms with Gasteiger partial charge in [0.1, 0.15) is 6.10 Å². The zero-order valence-corrected chi connectivity index (χ0v) is 12.4. The van der Waals surface area contributed by atoms with Crippen molar-refractivity contribution in [3.63, 3.8) is 0 Å². The maximum Gasteiger partial charge on any atom is 0.165 e. The molecule has 4 heteroatoms. The molecule has 0 saturated carbocycles. The van der Waals surface area contributed by atoms with Crippen molar-refractivity contribution >= 4 is 0 Å². The molecule has 0 radical (unpaired) electrons. The number of hydrogen-bond acceptors (Lipinski definition) is 3. The van der Waals surface area contributed by atoms with E-state index in [1.165, 1.54) is 12.8 Å². The Morgan fingerprint density at radius 1 is 1.14 bits per heavy atom. The Labute approximate surface area is 125 Å². The molecule has 21 heavy (non-hydrogen) atoms. The van der Waals surface area contributed by atoms with Crippen LogP contribution in [0.25, 0.3) is 0 Å². The number of rotatable bonds is 4. The van der Waals surface area contributed by atoms with Gasteiger partial charge in [0.2, 0.25) is 0 Å². The second kappa shape index (κ2) is 7.23. The molecular weight excluding hydrogens is 269 g/mol. The summed E-state index contributed by atoms with van der Waals surface area (Å²) < 4.78 is 25.2. The van der Waals surface area contributed by atoms with Crippen LogP contribution in [-0.2, 0) is 11.2 Å². The van der Waals surface area contributed by atoms with Gasteiger partial charge in [0.05, 0.1) is 13.2 Å². The number of benzene rings is 1. The smallest absolute Gasteiger partial charge is 0.165 e. The van der Waals surface area contributed by atoms with E-state index in [0.717, 1.165) is 37.9 Å². The second-order valence-electron chi connectivity index (χ2n) is 6.09. The number of ether oxygens (including phenoxy) is 2. The van der Waals surface area contributed by atoms with Crippen LogP contribution in [0.15, 0.2) is 18.2 Å². The van der Waals surface area contributed by atoms with Crippen molar-refractivity contribution in [1.29, 1.82) is 0 Å². The minimum atomic E-state index is -0.229.